The van der Waals surface area contributed by atoms with E-state index in [-0.39, 0.29) is 6.10 Å². The molecule has 1 saturated heterocycles. The lowest BCUT2D eigenvalue weighted by Gasteiger charge is -2.39. The summed E-state index contributed by atoms with van der Waals surface area (Å²) in [4.78, 5) is 2.40. The van der Waals surface area contributed by atoms with Crippen molar-refractivity contribution in [3.8, 4) is 0 Å². The predicted molar refractivity (Wildman–Crippen MR) is 80.9 cm³/mol. The van der Waals surface area contributed by atoms with Gasteiger partial charge in [0.05, 0.1) is 24.4 Å². The zero-order valence-electron chi connectivity index (χ0n) is 13.2. The van der Waals surface area contributed by atoms with Crippen molar-refractivity contribution in [2.75, 3.05) is 33.3 Å². The van der Waals surface area contributed by atoms with Crippen LogP contribution in [0.2, 0.25) is 0 Å². The fourth-order valence-electron chi connectivity index (χ4n) is 2.97. The second-order valence-electron chi connectivity index (χ2n) is 5.60. The first-order chi connectivity index (χ1) is 9.67. The van der Waals surface area contributed by atoms with Gasteiger partial charge in [0.25, 0.3) is 0 Å². The molecule has 0 bridgehead atoms. The van der Waals surface area contributed by atoms with Crippen molar-refractivity contribution in [1.29, 1.82) is 0 Å². The first-order valence-corrected chi connectivity index (χ1v) is 7.72. The lowest BCUT2D eigenvalue weighted by Crippen LogP contribution is -2.47. The number of aromatic nitrogens is 2. The molecule has 0 radical (unpaired) electrons. The van der Waals surface area contributed by atoms with Gasteiger partial charge in [-0.05, 0) is 26.4 Å². The highest BCUT2D eigenvalue weighted by atomic mass is 16.5. The third-order valence-corrected chi connectivity index (χ3v) is 3.97. The Morgan fingerprint density at radius 2 is 2.20 bits per heavy atom. The van der Waals surface area contributed by atoms with Gasteiger partial charge in [-0.3, -0.25) is 9.58 Å². The van der Waals surface area contributed by atoms with Crippen molar-refractivity contribution in [2.45, 2.75) is 38.8 Å². The van der Waals surface area contributed by atoms with Gasteiger partial charge in [0, 0.05) is 31.9 Å². The van der Waals surface area contributed by atoms with E-state index >= 15 is 0 Å². The summed E-state index contributed by atoms with van der Waals surface area (Å²) >= 11 is 0. The van der Waals surface area contributed by atoms with Crippen molar-refractivity contribution in [1.82, 2.24) is 20.0 Å². The van der Waals surface area contributed by atoms with E-state index in [1.807, 2.05) is 11.7 Å². The average Bonchev–Trinajstić information content (AvgIpc) is 2.80. The smallest absolute Gasteiger partial charge is 0.0897 e. The third kappa shape index (κ3) is 3.40. The molecular formula is C15H28N4O. The maximum atomic E-state index is 6.03. The molecule has 114 valence electrons. The van der Waals surface area contributed by atoms with Gasteiger partial charge in [-0.2, -0.15) is 5.10 Å². The molecule has 2 atom stereocenters. The highest BCUT2D eigenvalue weighted by Crippen LogP contribution is 2.30. The number of likely N-dealkylation sites (N-methyl/N-ethyl adjacent to an activating group) is 1. The molecule has 2 heterocycles. The Morgan fingerprint density at radius 3 is 2.90 bits per heavy atom. The van der Waals surface area contributed by atoms with Crippen LogP contribution < -0.4 is 5.32 Å². The van der Waals surface area contributed by atoms with Gasteiger partial charge in [-0.1, -0.05) is 13.8 Å². The van der Waals surface area contributed by atoms with Gasteiger partial charge in [0.15, 0.2) is 0 Å². The number of nitrogens with one attached hydrogen (secondary N) is 1. The van der Waals surface area contributed by atoms with E-state index in [1.165, 1.54) is 11.3 Å². The summed E-state index contributed by atoms with van der Waals surface area (Å²) in [6.07, 6.45) is 4.48. The quantitative estimate of drug-likeness (QED) is 0.799. The number of rotatable bonds is 6. The summed E-state index contributed by atoms with van der Waals surface area (Å²) in [5, 5.41) is 8.07. The Bertz CT molecular complexity index is 418. The Labute approximate surface area is 122 Å². The van der Waals surface area contributed by atoms with Crippen molar-refractivity contribution in [3.63, 3.8) is 0 Å². The fourth-order valence-corrected chi connectivity index (χ4v) is 2.97. The number of aryl methyl sites for hydroxylation is 2. The molecule has 1 aromatic rings. The summed E-state index contributed by atoms with van der Waals surface area (Å²) in [5.41, 5.74) is 2.51. The van der Waals surface area contributed by atoms with Gasteiger partial charge < -0.3 is 10.1 Å². The fraction of sp³-hybridized carbons (Fsp3) is 0.800. The molecule has 20 heavy (non-hydrogen) atoms. The molecule has 1 aliphatic rings. The zero-order chi connectivity index (χ0) is 14.5. The first kappa shape index (κ1) is 15.5. The number of nitrogens with zero attached hydrogens (tertiary/aromatic N) is 3. The van der Waals surface area contributed by atoms with Crippen molar-refractivity contribution in [3.05, 3.63) is 17.5 Å². The van der Waals surface area contributed by atoms with Gasteiger partial charge in [-0.25, -0.2) is 0 Å². The van der Waals surface area contributed by atoms with Crippen LogP contribution in [0.15, 0.2) is 6.20 Å². The Morgan fingerprint density at radius 1 is 1.40 bits per heavy atom. The number of morpholine rings is 1. The lowest BCUT2D eigenvalue weighted by atomic mass is 9.98. The minimum absolute atomic E-state index is 0.204. The number of ether oxygens (including phenoxy) is 1. The zero-order valence-corrected chi connectivity index (χ0v) is 13.2. The highest BCUT2D eigenvalue weighted by Gasteiger charge is 2.33. The van der Waals surface area contributed by atoms with Crippen LogP contribution in [0.25, 0.3) is 0 Å². The topological polar surface area (TPSA) is 42.3 Å². The molecule has 1 aromatic heterocycles. The molecule has 1 aliphatic heterocycles. The number of hydrogen-bond acceptors (Lipinski definition) is 4. The minimum Gasteiger partial charge on any atom is -0.374 e. The predicted octanol–water partition coefficient (Wildman–Crippen LogP) is 1.35. The molecule has 5 nitrogen and oxygen atoms in total. The van der Waals surface area contributed by atoms with Crippen LogP contribution in [-0.2, 0) is 18.2 Å². The molecule has 2 rings (SSSR count). The molecule has 1 fully saturated rings. The lowest BCUT2D eigenvalue weighted by molar-refractivity contribution is -0.0615. The van der Waals surface area contributed by atoms with Gasteiger partial charge in [0.1, 0.15) is 0 Å². The molecule has 0 amide bonds. The summed E-state index contributed by atoms with van der Waals surface area (Å²) in [7, 11) is 4.18. The Balaban J connectivity index is 2.18. The van der Waals surface area contributed by atoms with Crippen molar-refractivity contribution < 1.29 is 4.74 Å². The van der Waals surface area contributed by atoms with E-state index < -0.39 is 0 Å². The van der Waals surface area contributed by atoms with Crippen LogP contribution in [0.1, 0.15) is 37.6 Å². The van der Waals surface area contributed by atoms with E-state index in [0.29, 0.717) is 6.04 Å². The van der Waals surface area contributed by atoms with Crippen LogP contribution >= 0.6 is 0 Å². The number of hydrogen-bond donors (Lipinski definition) is 1. The molecular weight excluding hydrogens is 252 g/mol. The molecule has 2 unspecified atom stereocenters. The maximum Gasteiger partial charge on any atom is 0.0897 e. The SMILES string of the molecule is CCCNCC1OCCN(C)C1c1cn(C)nc1CC. The minimum atomic E-state index is 0.204. The van der Waals surface area contributed by atoms with E-state index in [2.05, 4.69) is 42.4 Å². The van der Waals surface area contributed by atoms with Crippen molar-refractivity contribution in [2.24, 2.45) is 7.05 Å². The molecule has 0 saturated carbocycles. The van der Waals surface area contributed by atoms with Gasteiger partial charge in [-0.15, -0.1) is 0 Å². The van der Waals surface area contributed by atoms with Crippen LogP contribution in [0, 0.1) is 0 Å². The summed E-state index contributed by atoms with van der Waals surface area (Å²) in [6.45, 7) is 8.10. The first-order valence-electron chi connectivity index (χ1n) is 7.72. The van der Waals surface area contributed by atoms with E-state index in [1.54, 1.807) is 0 Å². The average molecular weight is 280 g/mol. The second-order valence-corrected chi connectivity index (χ2v) is 5.60. The third-order valence-electron chi connectivity index (χ3n) is 3.97. The van der Waals surface area contributed by atoms with E-state index in [4.69, 9.17) is 4.74 Å². The van der Waals surface area contributed by atoms with Crippen LogP contribution in [-0.4, -0.2) is 54.1 Å². The normalized spacial score (nSPS) is 24.2. The second kappa shape index (κ2) is 7.20. The van der Waals surface area contributed by atoms with E-state index in [9.17, 15) is 0 Å². The molecule has 0 spiro atoms. The Hall–Kier alpha value is -0.910. The molecule has 1 N–H and O–H groups in total. The highest BCUT2D eigenvalue weighted by molar-refractivity contribution is 5.23. The van der Waals surface area contributed by atoms with Crippen molar-refractivity contribution >= 4 is 0 Å². The molecule has 0 aromatic carbocycles. The maximum absolute atomic E-state index is 6.03. The van der Waals surface area contributed by atoms with Crippen LogP contribution in [0.4, 0.5) is 0 Å². The standard InChI is InChI=1S/C15H28N4O/c1-5-7-16-10-14-15(18(3)8-9-20-14)12-11-19(4)17-13(12)6-2/h11,14-16H,5-10H2,1-4H3. The van der Waals surface area contributed by atoms with Crippen LogP contribution in [0.3, 0.4) is 0 Å². The summed E-state index contributed by atoms with van der Waals surface area (Å²) < 4.78 is 7.95. The summed E-state index contributed by atoms with van der Waals surface area (Å²) in [5.74, 6) is 0. The monoisotopic (exact) mass is 280 g/mol. The summed E-state index contributed by atoms with van der Waals surface area (Å²) in [6, 6.07) is 0.303. The van der Waals surface area contributed by atoms with Crippen LogP contribution in [0.5, 0.6) is 0 Å². The Kier molecular flexibility index (Phi) is 5.57. The molecule has 0 aliphatic carbocycles. The van der Waals surface area contributed by atoms with E-state index in [0.717, 1.165) is 39.1 Å². The molecule has 5 heteroatoms. The van der Waals surface area contributed by atoms with Gasteiger partial charge >= 0.3 is 0 Å². The van der Waals surface area contributed by atoms with Gasteiger partial charge in [0.2, 0.25) is 0 Å². The largest absolute Gasteiger partial charge is 0.374 e.